The van der Waals surface area contributed by atoms with E-state index in [1.165, 1.54) is 16.8 Å². The van der Waals surface area contributed by atoms with Crippen molar-refractivity contribution in [1.29, 1.82) is 0 Å². The number of alkyl halides is 3. The number of likely N-dealkylation sites (N-methyl/N-ethyl adjacent to an activating group) is 2. The van der Waals surface area contributed by atoms with Crippen LogP contribution in [0, 0.1) is 0 Å². The van der Waals surface area contributed by atoms with Crippen LogP contribution in [-0.4, -0.2) is 47.7 Å². The lowest BCUT2D eigenvalue weighted by molar-refractivity contribution is -0.133. The molecule has 1 heterocycles. The highest BCUT2D eigenvalue weighted by Crippen LogP contribution is 2.30. The third kappa shape index (κ3) is 3.79. The van der Waals surface area contributed by atoms with Crippen molar-refractivity contribution in [3.8, 4) is 0 Å². The first-order valence-corrected chi connectivity index (χ1v) is 7.14. The molecule has 7 heteroatoms. The molecule has 0 aliphatic carbocycles. The average Bonchev–Trinajstić information content (AvgIpc) is 2.56. The minimum atomic E-state index is -4.50. The van der Waals surface area contributed by atoms with Crippen LogP contribution in [0.5, 0.6) is 0 Å². The van der Waals surface area contributed by atoms with Gasteiger partial charge in [-0.05, 0) is 6.08 Å². The lowest BCUT2D eigenvalue weighted by Gasteiger charge is -2.26. The lowest BCUT2D eigenvalue weighted by Crippen LogP contribution is -2.27. The largest absolute Gasteiger partial charge is 0.477 e. The molecule has 1 aliphatic rings. The number of rotatable bonds is 2. The van der Waals surface area contributed by atoms with Gasteiger partial charge in [-0.15, -0.1) is 0 Å². The van der Waals surface area contributed by atoms with Gasteiger partial charge >= 0.3 is 12.1 Å². The zero-order valence-electron chi connectivity index (χ0n) is 13.2. The summed E-state index contributed by atoms with van der Waals surface area (Å²) < 4.78 is 39.1. The van der Waals surface area contributed by atoms with Gasteiger partial charge in [0.25, 0.3) is 0 Å². The summed E-state index contributed by atoms with van der Waals surface area (Å²) in [6, 6.07) is 8.71. The highest BCUT2D eigenvalue weighted by Gasteiger charge is 2.33. The maximum Gasteiger partial charge on any atom is 0.416 e. The van der Waals surface area contributed by atoms with E-state index in [2.05, 4.69) is 0 Å². The van der Waals surface area contributed by atoms with Crippen molar-refractivity contribution in [3.05, 3.63) is 65.5 Å². The Labute approximate surface area is 137 Å². The zero-order chi connectivity index (χ0) is 17.9. The summed E-state index contributed by atoms with van der Waals surface area (Å²) in [5.74, 6) is -1.22. The lowest BCUT2D eigenvalue weighted by atomic mass is 10.1. The normalized spacial score (nSPS) is 23.0. The molecule has 0 atom stereocenters. The van der Waals surface area contributed by atoms with Crippen LogP contribution in [0.4, 0.5) is 13.2 Å². The predicted molar refractivity (Wildman–Crippen MR) is 84.7 cm³/mol. The molecule has 0 aromatic heterocycles. The monoisotopic (exact) mass is 338 g/mol. The van der Waals surface area contributed by atoms with E-state index < -0.39 is 17.7 Å². The highest BCUT2D eigenvalue weighted by molar-refractivity contribution is 5.95. The quantitative estimate of drug-likeness (QED) is 0.898. The van der Waals surface area contributed by atoms with Crippen LogP contribution in [0.1, 0.15) is 5.56 Å². The van der Waals surface area contributed by atoms with Gasteiger partial charge in [-0.2, -0.15) is 13.2 Å². The summed E-state index contributed by atoms with van der Waals surface area (Å²) in [7, 11) is 2.98. The number of carboxylic acid groups (broad SMARTS) is 1. The van der Waals surface area contributed by atoms with Gasteiger partial charge in [0.05, 0.1) is 11.3 Å². The van der Waals surface area contributed by atoms with Crippen molar-refractivity contribution in [2.75, 3.05) is 20.6 Å². The van der Waals surface area contributed by atoms with Crippen molar-refractivity contribution >= 4 is 11.7 Å². The van der Waals surface area contributed by atoms with Crippen LogP contribution >= 0.6 is 0 Å². The van der Waals surface area contributed by atoms with Gasteiger partial charge in [0.1, 0.15) is 0 Å². The Hall–Kier alpha value is -2.70. The molecule has 2 rings (SSSR count). The number of nitrogens with zero attached hydrogens (tertiary/aromatic N) is 2. The minimum Gasteiger partial charge on any atom is -0.477 e. The third-order valence-electron chi connectivity index (χ3n) is 3.60. The SMILES string of the molecule is CN1/C=C\C(C(F)(F)F)=C/CN(C)/C(c2ccccc2)=C\1C(=O)O. The average molecular weight is 338 g/mol. The first-order valence-electron chi connectivity index (χ1n) is 7.14. The second-order valence-electron chi connectivity index (χ2n) is 5.33. The van der Waals surface area contributed by atoms with E-state index in [9.17, 15) is 23.1 Å². The maximum atomic E-state index is 13.0. The molecule has 24 heavy (non-hydrogen) atoms. The van der Waals surface area contributed by atoms with E-state index in [0.29, 0.717) is 11.3 Å². The molecule has 1 aliphatic heterocycles. The summed E-state index contributed by atoms with van der Waals surface area (Å²) in [5, 5.41) is 9.59. The molecule has 128 valence electrons. The molecular weight excluding hydrogens is 321 g/mol. The van der Waals surface area contributed by atoms with Gasteiger partial charge < -0.3 is 14.9 Å². The summed E-state index contributed by atoms with van der Waals surface area (Å²) >= 11 is 0. The number of benzene rings is 1. The van der Waals surface area contributed by atoms with Crippen LogP contribution < -0.4 is 0 Å². The maximum absolute atomic E-state index is 13.0. The Balaban J connectivity index is 2.62. The van der Waals surface area contributed by atoms with E-state index in [-0.39, 0.29) is 12.2 Å². The molecule has 0 saturated carbocycles. The van der Waals surface area contributed by atoms with E-state index in [0.717, 1.165) is 18.4 Å². The molecule has 1 aromatic rings. The van der Waals surface area contributed by atoms with Crippen molar-refractivity contribution in [2.24, 2.45) is 0 Å². The van der Waals surface area contributed by atoms with Crippen molar-refractivity contribution < 1.29 is 23.1 Å². The molecular formula is C17H17F3N2O2. The summed E-state index contributed by atoms with van der Waals surface area (Å²) in [4.78, 5) is 14.4. The Kier molecular flexibility index (Phi) is 5.02. The highest BCUT2D eigenvalue weighted by atomic mass is 19.4. The van der Waals surface area contributed by atoms with Gasteiger partial charge in [-0.3, -0.25) is 0 Å². The van der Waals surface area contributed by atoms with Crippen molar-refractivity contribution in [1.82, 2.24) is 9.80 Å². The Bertz CT molecular complexity index is 706. The van der Waals surface area contributed by atoms with Crippen LogP contribution in [0.25, 0.3) is 5.70 Å². The fourth-order valence-electron chi connectivity index (χ4n) is 2.42. The molecule has 0 radical (unpaired) electrons. The van der Waals surface area contributed by atoms with Crippen molar-refractivity contribution in [3.63, 3.8) is 0 Å². The molecule has 1 aromatic carbocycles. The van der Waals surface area contributed by atoms with Crippen LogP contribution in [0.3, 0.4) is 0 Å². The minimum absolute atomic E-state index is 0.0754. The Morgan fingerprint density at radius 2 is 1.79 bits per heavy atom. The van der Waals surface area contributed by atoms with Gasteiger partial charge in [-0.25, -0.2) is 4.79 Å². The van der Waals surface area contributed by atoms with Gasteiger partial charge in [0, 0.05) is 32.4 Å². The smallest absolute Gasteiger partial charge is 0.416 e. The molecule has 0 amide bonds. The summed E-state index contributed by atoms with van der Waals surface area (Å²) in [5.41, 5.74) is 0.0356. The first-order chi connectivity index (χ1) is 11.2. The number of hydrogen-bond acceptors (Lipinski definition) is 3. The standard InChI is InChI=1S/C17H17F3N2O2/c1-21-10-8-13(17(18,19)20)9-11-22(2)15(16(23)24)14(21)12-6-4-3-5-7-12/h3-9,11H,10H2,1-2H3,(H,23,24)/b11-9-,13-8+,15-14-. The van der Waals surface area contributed by atoms with E-state index in [1.807, 2.05) is 0 Å². The summed E-state index contributed by atoms with van der Waals surface area (Å²) in [6.07, 6.45) is -1.47. The van der Waals surface area contributed by atoms with E-state index in [1.54, 1.807) is 37.4 Å². The Morgan fingerprint density at radius 1 is 1.17 bits per heavy atom. The van der Waals surface area contributed by atoms with Gasteiger partial charge in [-0.1, -0.05) is 36.4 Å². The molecule has 4 nitrogen and oxygen atoms in total. The molecule has 0 bridgehead atoms. The molecule has 0 saturated heterocycles. The molecule has 0 spiro atoms. The Morgan fingerprint density at radius 3 is 2.33 bits per heavy atom. The second kappa shape index (κ2) is 6.82. The number of hydrogen-bond donors (Lipinski definition) is 1. The van der Waals surface area contributed by atoms with Crippen LogP contribution in [0.15, 0.2) is 60.0 Å². The number of carboxylic acids is 1. The summed E-state index contributed by atoms with van der Waals surface area (Å²) in [6.45, 7) is -0.0754. The molecule has 0 unspecified atom stereocenters. The van der Waals surface area contributed by atoms with Crippen LogP contribution in [0.2, 0.25) is 0 Å². The first kappa shape index (κ1) is 17.7. The number of carbonyl (C=O) groups is 1. The third-order valence-corrected chi connectivity index (χ3v) is 3.60. The van der Waals surface area contributed by atoms with Crippen LogP contribution in [-0.2, 0) is 4.79 Å². The zero-order valence-corrected chi connectivity index (χ0v) is 13.2. The topological polar surface area (TPSA) is 43.8 Å². The number of aliphatic carboxylic acids is 1. The fraction of sp³-hybridized carbons (Fsp3) is 0.235. The van der Waals surface area contributed by atoms with E-state index >= 15 is 0 Å². The predicted octanol–water partition coefficient (Wildman–Crippen LogP) is 3.32. The number of allylic oxidation sites excluding steroid dienone is 2. The van der Waals surface area contributed by atoms with Gasteiger partial charge in [0.2, 0.25) is 0 Å². The molecule has 0 fully saturated rings. The fourth-order valence-corrected chi connectivity index (χ4v) is 2.42. The van der Waals surface area contributed by atoms with Gasteiger partial charge in [0.15, 0.2) is 5.70 Å². The van der Waals surface area contributed by atoms with E-state index in [4.69, 9.17) is 0 Å². The molecule has 1 N–H and O–H groups in total. The van der Waals surface area contributed by atoms with Crippen molar-refractivity contribution in [2.45, 2.75) is 6.18 Å². The second-order valence-corrected chi connectivity index (χ2v) is 5.33. The number of halogens is 3.